The lowest BCUT2D eigenvalue weighted by Crippen LogP contribution is -1.90. The summed E-state index contributed by atoms with van der Waals surface area (Å²) >= 11 is 3.53. The molecule has 0 amide bonds. The molecule has 1 heterocycles. The van der Waals surface area contributed by atoms with Crippen LogP contribution in [-0.4, -0.2) is 12.0 Å². The Bertz CT molecular complexity index is 468. The first-order valence-electron chi connectivity index (χ1n) is 5.15. The van der Waals surface area contributed by atoms with Gasteiger partial charge < -0.3 is 9.73 Å². The quantitative estimate of drug-likeness (QED) is 0.934. The smallest absolute Gasteiger partial charge is 0.294 e. The molecule has 1 aromatic carbocycles. The van der Waals surface area contributed by atoms with E-state index in [0.29, 0.717) is 6.01 Å². The van der Waals surface area contributed by atoms with E-state index in [1.54, 1.807) is 13.2 Å². The van der Waals surface area contributed by atoms with Crippen molar-refractivity contribution in [1.82, 2.24) is 4.98 Å². The van der Waals surface area contributed by atoms with E-state index in [-0.39, 0.29) is 0 Å². The molecule has 16 heavy (non-hydrogen) atoms. The minimum Gasteiger partial charge on any atom is -0.429 e. The zero-order valence-corrected chi connectivity index (χ0v) is 10.6. The average molecular weight is 281 g/mol. The molecule has 0 fully saturated rings. The largest absolute Gasteiger partial charge is 0.429 e. The number of aryl methyl sites for hydroxylation is 2. The molecule has 0 saturated carbocycles. The van der Waals surface area contributed by atoms with Crippen LogP contribution in [0.2, 0.25) is 0 Å². The Balaban J connectivity index is 1.99. The zero-order chi connectivity index (χ0) is 11.4. The van der Waals surface area contributed by atoms with Crippen molar-refractivity contribution in [2.24, 2.45) is 0 Å². The van der Waals surface area contributed by atoms with Crippen molar-refractivity contribution in [2.75, 3.05) is 12.4 Å². The third-order valence-corrected chi connectivity index (χ3v) is 3.14. The third kappa shape index (κ3) is 2.64. The molecule has 0 atom stereocenters. The maximum Gasteiger partial charge on any atom is 0.294 e. The van der Waals surface area contributed by atoms with Gasteiger partial charge >= 0.3 is 0 Å². The van der Waals surface area contributed by atoms with Crippen LogP contribution in [0, 0.1) is 0 Å². The van der Waals surface area contributed by atoms with Gasteiger partial charge in [0.15, 0.2) is 0 Å². The van der Waals surface area contributed by atoms with E-state index in [1.165, 1.54) is 5.56 Å². The van der Waals surface area contributed by atoms with Crippen LogP contribution >= 0.6 is 15.9 Å². The summed E-state index contributed by atoms with van der Waals surface area (Å²) in [5, 5.41) is 2.87. The Labute approximate surface area is 103 Å². The van der Waals surface area contributed by atoms with Crippen LogP contribution in [0.15, 0.2) is 39.4 Å². The van der Waals surface area contributed by atoms with Crippen molar-refractivity contribution >= 4 is 21.9 Å². The summed E-state index contributed by atoms with van der Waals surface area (Å²) in [6.07, 6.45) is 3.57. The van der Waals surface area contributed by atoms with E-state index >= 15 is 0 Å². The molecule has 0 saturated heterocycles. The summed E-state index contributed by atoms with van der Waals surface area (Å²) in [4.78, 5) is 4.08. The van der Waals surface area contributed by atoms with Crippen molar-refractivity contribution in [3.05, 3.63) is 46.3 Å². The Morgan fingerprint density at radius 3 is 2.81 bits per heavy atom. The number of nitrogens with zero attached hydrogens (tertiary/aromatic N) is 1. The number of oxazole rings is 1. The number of anilines is 1. The van der Waals surface area contributed by atoms with Gasteiger partial charge in [0.1, 0.15) is 5.76 Å². The van der Waals surface area contributed by atoms with Gasteiger partial charge in [0.05, 0.1) is 6.20 Å². The van der Waals surface area contributed by atoms with Crippen LogP contribution in [0.4, 0.5) is 6.01 Å². The van der Waals surface area contributed by atoms with E-state index in [2.05, 4.69) is 38.4 Å². The van der Waals surface area contributed by atoms with Crippen LogP contribution in [0.5, 0.6) is 0 Å². The normalized spacial score (nSPS) is 10.4. The van der Waals surface area contributed by atoms with Crippen molar-refractivity contribution in [1.29, 1.82) is 0 Å². The van der Waals surface area contributed by atoms with E-state index in [1.807, 2.05) is 12.1 Å². The molecule has 1 aromatic heterocycles. The first-order chi connectivity index (χ1) is 7.79. The molecular formula is C12H13BrN2O. The molecule has 4 heteroatoms. The van der Waals surface area contributed by atoms with Crippen LogP contribution in [0.25, 0.3) is 0 Å². The summed E-state index contributed by atoms with van der Waals surface area (Å²) in [6.45, 7) is 0. The molecule has 0 bridgehead atoms. The average Bonchev–Trinajstić information content (AvgIpc) is 2.76. The highest BCUT2D eigenvalue weighted by Gasteiger charge is 2.04. The first kappa shape index (κ1) is 11.2. The molecule has 0 aliphatic heterocycles. The lowest BCUT2D eigenvalue weighted by Gasteiger charge is -2.01. The maximum absolute atomic E-state index is 5.46. The molecule has 0 aliphatic carbocycles. The van der Waals surface area contributed by atoms with Gasteiger partial charge in [0.2, 0.25) is 0 Å². The fraction of sp³-hybridized carbons (Fsp3) is 0.250. The van der Waals surface area contributed by atoms with E-state index in [0.717, 1.165) is 23.1 Å². The predicted molar refractivity (Wildman–Crippen MR) is 67.6 cm³/mol. The Morgan fingerprint density at radius 1 is 1.31 bits per heavy atom. The number of halogens is 1. The Morgan fingerprint density at radius 2 is 2.12 bits per heavy atom. The van der Waals surface area contributed by atoms with Gasteiger partial charge in [0, 0.05) is 17.9 Å². The van der Waals surface area contributed by atoms with Gasteiger partial charge in [-0.2, -0.15) is 0 Å². The second-order valence-electron chi connectivity index (χ2n) is 3.47. The standard InChI is InChI=1S/C12H13BrN2O/c1-14-12-15-8-10(16-12)7-6-9-4-2-3-5-11(9)13/h2-5,8H,6-7H2,1H3,(H,14,15). The number of benzene rings is 1. The molecular weight excluding hydrogens is 268 g/mol. The number of rotatable bonds is 4. The van der Waals surface area contributed by atoms with Crippen molar-refractivity contribution in [2.45, 2.75) is 12.8 Å². The summed E-state index contributed by atoms with van der Waals surface area (Å²) in [7, 11) is 1.80. The van der Waals surface area contributed by atoms with Gasteiger partial charge in [-0.1, -0.05) is 34.1 Å². The molecule has 0 aliphatic rings. The minimum absolute atomic E-state index is 0.571. The molecule has 2 rings (SSSR count). The van der Waals surface area contributed by atoms with Gasteiger partial charge in [-0.05, 0) is 18.1 Å². The summed E-state index contributed by atoms with van der Waals surface area (Å²) in [6, 6.07) is 8.79. The van der Waals surface area contributed by atoms with E-state index in [4.69, 9.17) is 4.42 Å². The first-order valence-corrected chi connectivity index (χ1v) is 5.95. The summed E-state index contributed by atoms with van der Waals surface area (Å²) in [5.41, 5.74) is 1.28. The fourth-order valence-electron chi connectivity index (χ4n) is 1.50. The molecule has 3 nitrogen and oxygen atoms in total. The number of hydrogen-bond acceptors (Lipinski definition) is 3. The Kier molecular flexibility index (Phi) is 3.62. The molecule has 1 N–H and O–H groups in total. The zero-order valence-electron chi connectivity index (χ0n) is 9.03. The molecule has 0 unspecified atom stereocenters. The molecule has 0 radical (unpaired) electrons. The lowest BCUT2D eigenvalue weighted by molar-refractivity contribution is 0.518. The topological polar surface area (TPSA) is 38.1 Å². The highest BCUT2D eigenvalue weighted by atomic mass is 79.9. The van der Waals surface area contributed by atoms with Crippen LogP contribution in [0.3, 0.4) is 0 Å². The summed E-state index contributed by atoms with van der Waals surface area (Å²) < 4.78 is 6.60. The maximum atomic E-state index is 5.46. The lowest BCUT2D eigenvalue weighted by atomic mass is 10.1. The van der Waals surface area contributed by atoms with Crippen LogP contribution in [0.1, 0.15) is 11.3 Å². The van der Waals surface area contributed by atoms with Gasteiger partial charge in [0.25, 0.3) is 6.01 Å². The van der Waals surface area contributed by atoms with E-state index in [9.17, 15) is 0 Å². The number of nitrogens with one attached hydrogen (secondary N) is 1. The second kappa shape index (κ2) is 5.16. The van der Waals surface area contributed by atoms with Crippen molar-refractivity contribution < 1.29 is 4.42 Å². The highest BCUT2D eigenvalue weighted by Crippen LogP contribution is 2.18. The monoisotopic (exact) mass is 280 g/mol. The third-order valence-electron chi connectivity index (χ3n) is 2.37. The summed E-state index contributed by atoms with van der Waals surface area (Å²) in [5.74, 6) is 0.903. The SMILES string of the molecule is CNc1ncc(CCc2ccccc2Br)o1. The molecule has 84 valence electrons. The fourth-order valence-corrected chi connectivity index (χ4v) is 1.98. The minimum atomic E-state index is 0.571. The highest BCUT2D eigenvalue weighted by molar-refractivity contribution is 9.10. The van der Waals surface area contributed by atoms with Gasteiger partial charge in [-0.25, -0.2) is 4.98 Å². The molecule has 2 aromatic rings. The van der Waals surface area contributed by atoms with Crippen molar-refractivity contribution in [3.63, 3.8) is 0 Å². The molecule has 0 spiro atoms. The van der Waals surface area contributed by atoms with E-state index < -0.39 is 0 Å². The van der Waals surface area contributed by atoms with Gasteiger partial charge in [-0.15, -0.1) is 0 Å². The second-order valence-corrected chi connectivity index (χ2v) is 4.33. The van der Waals surface area contributed by atoms with Gasteiger partial charge in [-0.3, -0.25) is 0 Å². The van der Waals surface area contributed by atoms with Crippen LogP contribution < -0.4 is 5.32 Å². The number of aromatic nitrogens is 1. The predicted octanol–water partition coefficient (Wildman–Crippen LogP) is 3.26. The number of hydrogen-bond donors (Lipinski definition) is 1. The Hall–Kier alpha value is -1.29. The van der Waals surface area contributed by atoms with Crippen LogP contribution in [-0.2, 0) is 12.8 Å². The van der Waals surface area contributed by atoms with Crippen molar-refractivity contribution in [3.8, 4) is 0 Å².